The van der Waals surface area contributed by atoms with E-state index >= 15 is 0 Å². The summed E-state index contributed by atoms with van der Waals surface area (Å²) in [6.45, 7) is 0. The van der Waals surface area contributed by atoms with Crippen molar-refractivity contribution in [2.45, 2.75) is 0 Å². The number of carboxylic acid groups (broad SMARTS) is 1. The second-order valence-electron chi connectivity index (χ2n) is 4.29. The minimum Gasteiger partial charge on any atom is -0.497 e. The van der Waals surface area contributed by atoms with Crippen molar-refractivity contribution in [1.82, 2.24) is 0 Å². The maximum absolute atomic E-state index is 11.2. The zero-order valence-corrected chi connectivity index (χ0v) is 12.0. The average Bonchev–Trinajstić information content (AvgIpc) is 2.53. The van der Waals surface area contributed by atoms with Gasteiger partial charge in [-0.3, -0.25) is 0 Å². The summed E-state index contributed by atoms with van der Waals surface area (Å²) in [5.41, 5.74) is 1.69. The van der Waals surface area contributed by atoms with E-state index in [0.717, 1.165) is 16.9 Å². The molecule has 0 saturated carbocycles. The first-order valence-electron chi connectivity index (χ1n) is 6.24. The second kappa shape index (κ2) is 6.17. The predicted molar refractivity (Wildman–Crippen MR) is 78.5 cm³/mol. The van der Waals surface area contributed by atoms with Crippen molar-refractivity contribution in [3.63, 3.8) is 0 Å². The Morgan fingerprint density at radius 1 is 0.905 bits per heavy atom. The Hall–Kier alpha value is -2.69. The van der Waals surface area contributed by atoms with Gasteiger partial charge in [-0.1, -0.05) is 12.1 Å². The first-order chi connectivity index (χ1) is 10.1. The van der Waals surface area contributed by atoms with Crippen molar-refractivity contribution in [2.75, 3.05) is 21.3 Å². The van der Waals surface area contributed by atoms with Gasteiger partial charge in [-0.05, 0) is 29.8 Å². The summed E-state index contributed by atoms with van der Waals surface area (Å²) in [6, 6.07) is 10.5. The molecule has 0 unspecified atom stereocenters. The van der Waals surface area contributed by atoms with Crippen LogP contribution < -0.4 is 14.2 Å². The number of aromatic carboxylic acids is 1. The molecule has 2 aromatic carbocycles. The monoisotopic (exact) mass is 288 g/mol. The normalized spacial score (nSPS) is 10.0. The van der Waals surface area contributed by atoms with Crippen LogP contribution in [0.1, 0.15) is 10.4 Å². The fourth-order valence-corrected chi connectivity index (χ4v) is 2.06. The van der Waals surface area contributed by atoms with E-state index in [1.54, 1.807) is 13.2 Å². The Labute approximate surface area is 122 Å². The number of methoxy groups -OCH3 is 3. The molecular formula is C16H16O5. The smallest absolute Gasteiger partial charge is 0.339 e. The number of rotatable bonds is 5. The third kappa shape index (κ3) is 2.91. The van der Waals surface area contributed by atoms with Gasteiger partial charge in [0.2, 0.25) is 0 Å². The molecule has 0 spiro atoms. The summed E-state index contributed by atoms with van der Waals surface area (Å²) >= 11 is 0. The topological polar surface area (TPSA) is 65.0 Å². The Kier molecular flexibility index (Phi) is 4.33. The molecule has 1 N–H and O–H groups in total. The van der Waals surface area contributed by atoms with E-state index in [0.29, 0.717) is 5.75 Å². The molecule has 2 rings (SSSR count). The molecular weight excluding hydrogens is 272 g/mol. The molecule has 0 radical (unpaired) electrons. The Balaban J connectivity index is 2.58. The molecule has 0 saturated heterocycles. The van der Waals surface area contributed by atoms with Crippen molar-refractivity contribution in [2.24, 2.45) is 0 Å². The molecule has 0 aromatic heterocycles. The molecule has 0 amide bonds. The lowest BCUT2D eigenvalue weighted by Gasteiger charge is -2.13. The van der Waals surface area contributed by atoms with E-state index in [2.05, 4.69) is 0 Å². The van der Waals surface area contributed by atoms with E-state index in [4.69, 9.17) is 14.2 Å². The van der Waals surface area contributed by atoms with Gasteiger partial charge in [0.15, 0.2) is 0 Å². The second-order valence-corrected chi connectivity index (χ2v) is 4.29. The SMILES string of the molecule is COc1ccc(-c2cc(OC)c(C(=O)O)cc2OC)cc1. The molecule has 0 heterocycles. The molecule has 0 fully saturated rings. The highest BCUT2D eigenvalue weighted by Crippen LogP contribution is 2.36. The van der Waals surface area contributed by atoms with E-state index < -0.39 is 5.97 Å². The number of ether oxygens (including phenoxy) is 3. The standard InChI is InChI=1S/C16H16O5/c1-19-11-6-4-10(5-7-11)12-8-15(21-3)13(16(17)18)9-14(12)20-2/h4-9H,1-3H3,(H,17,18). The third-order valence-corrected chi connectivity index (χ3v) is 3.15. The molecule has 0 aliphatic carbocycles. The lowest BCUT2D eigenvalue weighted by Crippen LogP contribution is -2.02. The van der Waals surface area contributed by atoms with Crippen LogP contribution in [0.3, 0.4) is 0 Å². The van der Waals surface area contributed by atoms with E-state index in [9.17, 15) is 9.90 Å². The van der Waals surface area contributed by atoms with Crippen LogP contribution in [0.15, 0.2) is 36.4 Å². The summed E-state index contributed by atoms with van der Waals surface area (Å²) in [4.78, 5) is 11.2. The molecule has 5 nitrogen and oxygen atoms in total. The van der Waals surface area contributed by atoms with Crippen LogP contribution >= 0.6 is 0 Å². The minimum absolute atomic E-state index is 0.0617. The first kappa shape index (κ1) is 14.7. The number of hydrogen-bond donors (Lipinski definition) is 1. The maximum atomic E-state index is 11.2. The van der Waals surface area contributed by atoms with Crippen LogP contribution in [0, 0.1) is 0 Å². The molecule has 110 valence electrons. The number of carbonyl (C=O) groups is 1. The zero-order chi connectivity index (χ0) is 15.4. The largest absolute Gasteiger partial charge is 0.497 e. The van der Waals surface area contributed by atoms with Crippen LogP contribution in [0.25, 0.3) is 11.1 Å². The van der Waals surface area contributed by atoms with Crippen LogP contribution in [-0.4, -0.2) is 32.4 Å². The third-order valence-electron chi connectivity index (χ3n) is 3.15. The van der Waals surface area contributed by atoms with Gasteiger partial charge < -0.3 is 19.3 Å². The number of benzene rings is 2. The highest BCUT2D eigenvalue weighted by molar-refractivity contribution is 5.93. The van der Waals surface area contributed by atoms with Gasteiger partial charge in [0.25, 0.3) is 0 Å². The zero-order valence-electron chi connectivity index (χ0n) is 12.0. The summed E-state index contributed by atoms with van der Waals surface area (Å²) in [6.07, 6.45) is 0. The van der Waals surface area contributed by atoms with Gasteiger partial charge in [-0.25, -0.2) is 4.79 Å². The van der Waals surface area contributed by atoms with E-state index in [1.165, 1.54) is 20.3 Å². The maximum Gasteiger partial charge on any atom is 0.339 e. The van der Waals surface area contributed by atoms with Gasteiger partial charge >= 0.3 is 5.97 Å². The highest BCUT2D eigenvalue weighted by atomic mass is 16.5. The number of hydrogen-bond acceptors (Lipinski definition) is 4. The molecule has 0 atom stereocenters. The van der Waals surface area contributed by atoms with Gasteiger partial charge in [0.1, 0.15) is 22.8 Å². The van der Waals surface area contributed by atoms with Crippen LogP contribution in [0.5, 0.6) is 17.2 Å². The lowest BCUT2D eigenvalue weighted by molar-refractivity contribution is 0.0693. The Morgan fingerprint density at radius 2 is 1.52 bits per heavy atom. The minimum atomic E-state index is -1.06. The fourth-order valence-electron chi connectivity index (χ4n) is 2.06. The average molecular weight is 288 g/mol. The molecule has 21 heavy (non-hydrogen) atoms. The first-order valence-corrected chi connectivity index (χ1v) is 6.24. The highest BCUT2D eigenvalue weighted by Gasteiger charge is 2.17. The van der Waals surface area contributed by atoms with Crippen molar-refractivity contribution >= 4 is 5.97 Å². The molecule has 0 bridgehead atoms. The molecule has 5 heteroatoms. The van der Waals surface area contributed by atoms with Gasteiger partial charge in [0, 0.05) is 5.56 Å². The quantitative estimate of drug-likeness (QED) is 0.916. The van der Waals surface area contributed by atoms with Crippen LogP contribution in [0.2, 0.25) is 0 Å². The van der Waals surface area contributed by atoms with Gasteiger partial charge in [-0.15, -0.1) is 0 Å². The predicted octanol–water partition coefficient (Wildman–Crippen LogP) is 3.08. The summed E-state index contributed by atoms with van der Waals surface area (Å²) in [5, 5.41) is 9.19. The van der Waals surface area contributed by atoms with Crippen LogP contribution in [0.4, 0.5) is 0 Å². The molecule has 2 aromatic rings. The summed E-state index contributed by atoms with van der Waals surface area (Å²) in [7, 11) is 4.53. The number of carboxylic acids is 1. The molecule has 0 aliphatic heterocycles. The van der Waals surface area contributed by atoms with Crippen molar-refractivity contribution in [1.29, 1.82) is 0 Å². The van der Waals surface area contributed by atoms with Crippen molar-refractivity contribution < 1.29 is 24.1 Å². The van der Waals surface area contributed by atoms with E-state index in [-0.39, 0.29) is 11.3 Å². The van der Waals surface area contributed by atoms with E-state index in [1.807, 2.05) is 24.3 Å². The van der Waals surface area contributed by atoms with Crippen molar-refractivity contribution in [3.05, 3.63) is 42.0 Å². The lowest BCUT2D eigenvalue weighted by atomic mass is 10.0. The Bertz CT molecular complexity index is 646. The Morgan fingerprint density at radius 3 is 2.00 bits per heavy atom. The van der Waals surface area contributed by atoms with Crippen molar-refractivity contribution in [3.8, 4) is 28.4 Å². The van der Waals surface area contributed by atoms with Gasteiger partial charge in [0.05, 0.1) is 21.3 Å². The summed E-state index contributed by atoms with van der Waals surface area (Å²) < 4.78 is 15.6. The van der Waals surface area contributed by atoms with Crippen LogP contribution in [-0.2, 0) is 0 Å². The fraction of sp³-hybridized carbons (Fsp3) is 0.188. The van der Waals surface area contributed by atoms with Gasteiger partial charge in [-0.2, -0.15) is 0 Å². The summed E-state index contributed by atoms with van der Waals surface area (Å²) in [5.74, 6) is 0.436. The molecule has 0 aliphatic rings.